The molecule has 1 atom stereocenters. The van der Waals surface area contributed by atoms with Crippen LogP contribution in [0.4, 0.5) is 15.8 Å². The molecule has 2 aromatic rings. The van der Waals surface area contributed by atoms with Crippen LogP contribution in [0.25, 0.3) is 0 Å². The molecule has 1 heterocycles. The highest BCUT2D eigenvalue weighted by Gasteiger charge is 2.35. The molecule has 0 aliphatic carbocycles. The molecule has 0 bridgehead atoms. The second-order valence-corrected chi connectivity index (χ2v) is 5.74. The third-order valence-electron chi connectivity index (χ3n) is 3.92. The fourth-order valence-electron chi connectivity index (χ4n) is 2.71. The number of anilines is 2. The molecule has 23 heavy (non-hydrogen) atoms. The summed E-state index contributed by atoms with van der Waals surface area (Å²) in [4.78, 5) is 26.1. The predicted molar refractivity (Wildman–Crippen MR) is 86.7 cm³/mol. The highest BCUT2D eigenvalue weighted by molar-refractivity contribution is 6.03. The Bertz CT molecular complexity index is 743. The summed E-state index contributed by atoms with van der Waals surface area (Å²) >= 11 is 0. The Balaban J connectivity index is 1.69. The molecule has 4 nitrogen and oxygen atoms in total. The molecule has 5 heteroatoms. The molecular weight excluding hydrogens is 295 g/mol. The number of amides is 2. The van der Waals surface area contributed by atoms with Crippen LogP contribution in [0, 0.1) is 18.7 Å². The van der Waals surface area contributed by atoms with Crippen LogP contribution in [0.15, 0.2) is 48.5 Å². The Morgan fingerprint density at radius 2 is 1.96 bits per heavy atom. The first kappa shape index (κ1) is 15.2. The van der Waals surface area contributed by atoms with Gasteiger partial charge < -0.3 is 10.2 Å². The average Bonchev–Trinajstić information content (AvgIpc) is 2.92. The fourth-order valence-corrected chi connectivity index (χ4v) is 2.71. The lowest BCUT2D eigenvalue weighted by Gasteiger charge is -2.17. The van der Waals surface area contributed by atoms with Crippen molar-refractivity contribution < 1.29 is 14.0 Å². The van der Waals surface area contributed by atoms with Crippen LogP contribution in [0.3, 0.4) is 0 Å². The van der Waals surface area contributed by atoms with E-state index >= 15 is 0 Å². The second kappa shape index (κ2) is 6.20. The van der Waals surface area contributed by atoms with Crippen molar-refractivity contribution in [2.75, 3.05) is 16.8 Å². The topological polar surface area (TPSA) is 49.4 Å². The van der Waals surface area contributed by atoms with Gasteiger partial charge in [0.15, 0.2) is 0 Å². The zero-order valence-corrected chi connectivity index (χ0v) is 12.8. The van der Waals surface area contributed by atoms with Gasteiger partial charge in [-0.05, 0) is 48.9 Å². The number of halogens is 1. The van der Waals surface area contributed by atoms with Crippen molar-refractivity contribution in [3.05, 3.63) is 59.9 Å². The van der Waals surface area contributed by atoms with Gasteiger partial charge in [0.1, 0.15) is 5.82 Å². The summed E-state index contributed by atoms with van der Waals surface area (Å²) in [6, 6.07) is 13.2. The maximum Gasteiger partial charge on any atom is 0.229 e. The minimum atomic E-state index is -0.409. The number of carbonyl (C=O) groups is 2. The largest absolute Gasteiger partial charge is 0.326 e. The molecule has 3 rings (SSSR count). The molecule has 2 amide bonds. The first-order valence-corrected chi connectivity index (χ1v) is 7.46. The lowest BCUT2D eigenvalue weighted by atomic mass is 10.1. The van der Waals surface area contributed by atoms with Gasteiger partial charge in [0.2, 0.25) is 11.8 Å². The lowest BCUT2D eigenvalue weighted by molar-refractivity contribution is -0.122. The Kier molecular flexibility index (Phi) is 4.10. The Labute approximate surface area is 133 Å². The summed E-state index contributed by atoms with van der Waals surface area (Å²) in [5.74, 6) is -1.05. The number of nitrogens with one attached hydrogen (secondary N) is 1. The van der Waals surface area contributed by atoms with Crippen molar-refractivity contribution in [2.24, 2.45) is 5.92 Å². The number of carbonyl (C=O) groups excluding carboxylic acids is 2. The van der Waals surface area contributed by atoms with Crippen molar-refractivity contribution in [2.45, 2.75) is 13.3 Å². The Hall–Kier alpha value is -2.69. The van der Waals surface area contributed by atoms with Gasteiger partial charge in [-0.25, -0.2) is 4.39 Å². The first-order valence-electron chi connectivity index (χ1n) is 7.46. The van der Waals surface area contributed by atoms with Crippen molar-refractivity contribution in [1.29, 1.82) is 0 Å². The fraction of sp³-hybridized carbons (Fsp3) is 0.222. The van der Waals surface area contributed by atoms with E-state index in [1.165, 1.54) is 24.3 Å². The van der Waals surface area contributed by atoms with E-state index in [0.29, 0.717) is 12.2 Å². The average molecular weight is 312 g/mol. The molecule has 0 spiro atoms. The van der Waals surface area contributed by atoms with Crippen molar-refractivity contribution >= 4 is 23.2 Å². The predicted octanol–water partition coefficient (Wildman–Crippen LogP) is 3.13. The molecule has 0 radical (unpaired) electrons. The Morgan fingerprint density at radius 1 is 1.22 bits per heavy atom. The van der Waals surface area contributed by atoms with E-state index in [4.69, 9.17) is 0 Å². The molecule has 0 saturated carbocycles. The summed E-state index contributed by atoms with van der Waals surface area (Å²) in [6.07, 6.45) is 0.182. The third kappa shape index (κ3) is 3.39. The normalized spacial score (nSPS) is 17.4. The molecule has 1 aliphatic heterocycles. The summed E-state index contributed by atoms with van der Waals surface area (Å²) in [5.41, 5.74) is 2.40. The molecule has 1 aliphatic rings. The van der Waals surface area contributed by atoms with Crippen molar-refractivity contribution in [3.63, 3.8) is 0 Å². The number of aryl methyl sites for hydroxylation is 1. The van der Waals surface area contributed by atoms with Gasteiger partial charge in [-0.2, -0.15) is 0 Å². The highest BCUT2D eigenvalue weighted by atomic mass is 19.1. The number of rotatable bonds is 3. The molecule has 1 N–H and O–H groups in total. The zero-order chi connectivity index (χ0) is 16.4. The Morgan fingerprint density at radius 3 is 2.65 bits per heavy atom. The van der Waals surface area contributed by atoms with E-state index in [0.717, 1.165) is 11.3 Å². The number of benzene rings is 2. The van der Waals surface area contributed by atoms with E-state index < -0.39 is 5.92 Å². The van der Waals surface area contributed by atoms with Crippen LogP contribution < -0.4 is 10.2 Å². The minimum absolute atomic E-state index is 0.0603. The molecule has 118 valence electrons. The SMILES string of the molecule is Cc1cccc(N2C[C@@H](C(=O)Nc3ccc(F)cc3)CC2=O)c1. The van der Waals surface area contributed by atoms with Crippen LogP contribution >= 0.6 is 0 Å². The van der Waals surface area contributed by atoms with Gasteiger partial charge in [-0.15, -0.1) is 0 Å². The zero-order valence-electron chi connectivity index (χ0n) is 12.8. The lowest BCUT2D eigenvalue weighted by Crippen LogP contribution is -2.28. The standard InChI is InChI=1S/C18H17FN2O2/c1-12-3-2-4-16(9-12)21-11-13(10-17(21)22)18(23)20-15-7-5-14(19)6-8-15/h2-9,13H,10-11H2,1H3,(H,20,23)/t13-/m0/s1. The smallest absolute Gasteiger partial charge is 0.229 e. The molecule has 1 fully saturated rings. The van der Waals surface area contributed by atoms with Crippen LogP contribution in [0.2, 0.25) is 0 Å². The van der Waals surface area contributed by atoms with Gasteiger partial charge in [-0.3, -0.25) is 9.59 Å². The molecule has 2 aromatic carbocycles. The van der Waals surface area contributed by atoms with Crippen LogP contribution in [0.5, 0.6) is 0 Å². The maximum atomic E-state index is 12.9. The van der Waals surface area contributed by atoms with Crippen LogP contribution in [0.1, 0.15) is 12.0 Å². The van der Waals surface area contributed by atoms with Crippen molar-refractivity contribution in [3.8, 4) is 0 Å². The molecule has 0 unspecified atom stereocenters. The minimum Gasteiger partial charge on any atom is -0.326 e. The quantitative estimate of drug-likeness (QED) is 0.946. The van der Waals surface area contributed by atoms with E-state index in [-0.39, 0.29) is 24.1 Å². The molecule has 1 saturated heterocycles. The van der Waals surface area contributed by atoms with Crippen LogP contribution in [-0.2, 0) is 9.59 Å². The van der Waals surface area contributed by atoms with Crippen LogP contribution in [-0.4, -0.2) is 18.4 Å². The molecular formula is C18H17FN2O2. The van der Waals surface area contributed by atoms with Gasteiger partial charge in [-0.1, -0.05) is 12.1 Å². The maximum absolute atomic E-state index is 12.9. The van der Waals surface area contributed by atoms with Gasteiger partial charge >= 0.3 is 0 Å². The van der Waals surface area contributed by atoms with Gasteiger partial charge in [0, 0.05) is 24.3 Å². The third-order valence-corrected chi connectivity index (χ3v) is 3.92. The number of nitrogens with zero attached hydrogens (tertiary/aromatic N) is 1. The van der Waals surface area contributed by atoms with E-state index in [2.05, 4.69) is 5.32 Å². The number of hydrogen-bond acceptors (Lipinski definition) is 2. The number of hydrogen-bond donors (Lipinski definition) is 1. The van der Waals surface area contributed by atoms with E-state index in [1.54, 1.807) is 4.90 Å². The summed E-state index contributed by atoms with van der Waals surface area (Å²) in [5, 5.41) is 2.73. The second-order valence-electron chi connectivity index (χ2n) is 5.74. The monoisotopic (exact) mass is 312 g/mol. The van der Waals surface area contributed by atoms with Gasteiger partial charge in [0.05, 0.1) is 5.92 Å². The summed E-state index contributed by atoms with van der Waals surface area (Å²) in [6.45, 7) is 2.32. The summed E-state index contributed by atoms with van der Waals surface area (Å²) < 4.78 is 12.9. The summed E-state index contributed by atoms with van der Waals surface area (Å²) in [7, 11) is 0. The molecule has 0 aromatic heterocycles. The first-order chi connectivity index (χ1) is 11.0. The van der Waals surface area contributed by atoms with Crippen molar-refractivity contribution in [1.82, 2.24) is 0 Å². The van der Waals surface area contributed by atoms with Gasteiger partial charge in [0.25, 0.3) is 0 Å². The van der Waals surface area contributed by atoms with E-state index in [1.807, 2.05) is 31.2 Å². The highest BCUT2D eigenvalue weighted by Crippen LogP contribution is 2.26. The van der Waals surface area contributed by atoms with E-state index in [9.17, 15) is 14.0 Å².